The van der Waals surface area contributed by atoms with Gasteiger partial charge in [0.1, 0.15) is 0 Å². The molecule has 1 aromatic carbocycles. The third kappa shape index (κ3) is 3.90. The lowest BCUT2D eigenvalue weighted by Gasteiger charge is -2.29. The molecule has 0 radical (unpaired) electrons. The molecule has 3 heteroatoms. The number of halogens is 3. The molecule has 1 aromatic rings. The molecule has 0 aromatic heterocycles. The third-order valence-corrected chi connectivity index (χ3v) is 4.60. The van der Waals surface area contributed by atoms with Crippen molar-refractivity contribution in [2.45, 2.75) is 58.3 Å². The Morgan fingerprint density at radius 3 is 2.19 bits per heavy atom. The Balaban J connectivity index is 2.01. The Kier molecular flexibility index (Phi) is 5.49. The zero-order valence-electron chi connectivity index (χ0n) is 12.8. The third-order valence-electron chi connectivity index (χ3n) is 4.60. The molecule has 0 unspecified atom stereocenters. The van der Waals surface area contributed by atoms with Gasteiger partial charge in [0.25, 0.3) is 0 Å². The molecule has 1 aliphatic rings. The zero-order chi connectivity index (χ0) is 15.4. The molecule has 2 rings (SSSR count). The van der Waals surface area contributed by atoms with Crippen LogP contribution in [0.2, 0.25) is 0 Å². The number of hydrogen-bond acceptors (Lipinski definition) is 0. The maximum atomic E-state index is 13.3. The molecule has 0 aliphatic heterocycles. The van der Waals surface area contributed by atoms with Crippen LogP contribution in [0.3, 0.4) is 0 Å². The second-order valence-corrected chi connectivity index (χ2v) is 6.08. The number of hydrogen-bond donors (Lipinski definition) is 0. The molecular weight excluding hydrogens is 273 g/mol. The van der Waals surface area contributed by atoms with Gasteiger partial charge in [0, 0.05) is 0 Å². The summed E-state index contributed by atoms with van der Waals surface area (Å²) in [6.45, 7) is 4.34. The van der Waals surface area contributed by atoms with E-state index >= 15 is 0 Å². The second-order valence-electron chi connectivity index (χ2n) is 6.08. The molecule has 0 heterocycles. The van der Waals surface area contributed by atoms with Crippen LogP contribution in [0.15, 0.2) is 23.8 Å². The Hall–Kier alpha value is -1.25. The van der Waals surface area contributed by atoms with E-state index in [1.807, 2.05) is 0 Å². The topological polar surface area (TPSA) is 0 Å². The quantitative estimate of drug-likeness (QED) is 0.463. The maximum Gasteiger partial charge on any atom is 0.194 e. The molecule has 0 saturated heterocycles. The van der Waals surface area contributed by atoms with Crippen molar-refractivity contribution in [1.82, 2.24) is 0 Å². The summed E-state index contributed by atoms with van der Waals surface area (Å²) in [5.41, 5.74) is 2.03. The van der Waals surface area contributed by atoms with Crippen molar-refractivity contribution in [3.8, 4) is 0 Å². The first-order chi connectivity index (χ1) is 10.0. The van der Waals surface area contributed by atoms with Gasteiger partial charge in [-0.2, -0.15) is 0 Å². The predicted molar refractivity (Wildman–Crippen MR) is 79.7 cm³/mol. The summed E-state index contributed by atoms with van der Waals surface area (Å²) < 4.78 is 39.6. The van der Waals surface area contributed by atoms with Gasteiger partial charge in [0.2, 0.25) is 0 Å². The maximum absolute atomic E-state index is 13.3. The summed E-state index contributed by atoms with van der Waals surface area (Å²) in [6, 6.07) is 2.31. The van der Waals surface area contributed by atoms with Crippen molar-refractivity contribution < 1.29 is 13.2 Å². The summed E-state index contributed by atoms with van der Waals surface area (Å²) >= 11 is 0. The molecule has 1 aliphatic carbocycles. The van der Waals surface area contributed by atoms with Crippen molar-refractivity contribution in [3.63, 3.8) is 0 Å². The van der Waals surface area contributed by atoms with Crippen LogP contribution in [0.25, 0.3) is 0 Å². The van der Waals surface area contributed by atoms with Crippen molar-refractivity contribution in [1.29, 1.82) is 0 Å². The van der Waals surface area contributed by atoms with Gasteiger partial charge < -0.3 is 0 Å². The summed E-state index contributed by atoms with van der Waals surface area (Å²) in [5, 5.41) is 0. The first kappa shape index (κ1) is 16.1. The van der Waals surface area contributed by atoms with E-state index in [4.69, 9.17) is 0 Å². The van der Waals surface area contributed by atoms with Crippen LogP contribution in [-0.4, -0.2) is 0 Å². The first-order valence-corrected chi connectivity index (χ1v) is 7.84. The lowest BCUT2D eigenvalue weighted by Crippen LogP contribution is -2.15. The smallest absolute Gasteiger partial charge is 0.194 e. The van der Waals surface area contributed by atoms with Gasteiger partial charge in [0.15, 0.2) is 17.5 Å². The van der Waals surface area contributed by atoms with Crippen molar-refractivity contribution >= 4 is 0 Å². The zero-order valence-corrected chi connectivity index (χ0v) is 12.8. The van der Waals surface area contributed by atoms with Crippen LogP contribution in [0.1, 0.15) is 63.9 Å². The molecular formula is C18H23F3. The SMILES string of the molecule is CCCC=C(C)C1CCC(c2cc(F)c(F)c(F)c2)CC1. The molecule has 0 spiro atoms. The number of allylic oxidation sites excluding steroid dienone is 2. The first-order valence-electron chi connectivity index (χ1n) is 7.84. The minimum Gasteiger partial charge on any atom is -0.204 e. The molecule has 1 fully saturated rings. The molecule has 0 nitrogen and oxygen atoms in total. The summed E-state index contributed by atoms with van der Waals surface area (Å²) in [6.07, 6.45) is 8.47. The van der Waals surface area contributed by atoms with E-state index in [1.54, 1.807) is 0 Å². The molecule has 0 bridgehead atoms. The van der Waals surface area contributed by atoms with Gasteiger partial charge >= 0.3 is 0 Å². The summed E-state index contributed by atoms with van der Waals surface area (Å²) in [4.78, 5) is 0. The van der Waals surface area contributed by atoms with Gasteiger partial charge in [-0.1, -0.05) is 25.0 Å². The predicted octanol–water partition coefficient (Wildman–Crippen LogP) is 6.12. The Bertz CT molecular complexity index is 488. The monoisotopic (exact) mass is 296 g/mol. The number of benzene rings is 1. The highest BCUT2D eigenvalue weighted by Crippen LogP contribution is 2.39. The van der Waals surface area contributed by atoms with Crippen LogP contribution in [0.5, 0.6) is 0 Å². The standard InChI is InChI=1S/C18H23F3/c1-3-4-5-12(2)13-6-8-14(9-7-13)15-10-16(19)18(21)17(20)11-15/h5,10-11,13-14H,3-4,6-9H2,1-2H3. The van der Waals surface area contributed by atoms with Crippen LogP contribution in [0, 0.1) is 23.4 Å². The fraction of sp³-hybridized carbons (Fsp3) is 0.556. The Morgan fingerprint density at radius 1 is 1.10 bits per heavy atom. The summed E-state index contributed by atoms with van der Waals surface area (Å²) in [5.74, 6) is -2.80. The van der Waals surface area contributed by atoms with E-state index in [0.29, 0.717) is 11.5 Å². The normalized spacial score (nSPS) is 23.4. The summed E-state index contributed by atoms with van der Waals surface area (Å²) in [7, 11) is 0. The van der Waals surface area contributed by atoms with Gasteiger partial charge in [-0.3, -0.25) is 0 Å². The van der Waals surface area contributed by atoms with Crippen molar-refractivity contribution in [2.24, 2.45) is 5.92 Å². The highest BCUT2D eigenvalue weighted by Gasteiger charge is 2.24. The lowest BCUT2D eigenvalue weighted by atomic mass is 9.76. The fourth-order valence-electron chi connectivity index (χ4n) is 3.23. The average Bonchev–Trinajstić information content (AvgIpc) is 2.50. The molecule has 0 atom stereocenters. The van der Waals surface area contributed by atoms with E-state index in [0.717, 1.165) is 50.7 Å². The molecule has 116 valence electrons. The van der Waals surface area contributed by atoms with Crippen LogP contribution in [-0.2, 0) is 0 Å². The molecule has 0 N–H and O–H groups in total. The highest BCUT2D eigenvalue weighted by molar-refractivity contribution is 5.24. The minimum atomic E-state index is -1.37. The lowest BCUT2D eigenvalue weighted by molar-refractivity contribution is 0.358. The molecule has 1 saturated carbocycles. The molecule has 21 heavy (non-hydrogen) atoms. The van der Waals surface area contributed by atoms with Crippen LogP contribution >= 0.6 is 0 Å². The fourth-order valence-corrected chi connectivity index (χ4v) is 3.23. The Labute approximate surface area is 125 Å². The van der Waals surface area contributed by atoms with Crippen molar-refractivity contribution in [3.05, 3.63) is 46.8 Å². The van der Waals surface area contributed by atoms with Gasteiger partial charge in [0.05, 0.1) is 0 Å². The van der Waals surface area contributed by atoms with E-state index in [9.17, 15) is 13.2 Å². The van der Waals surface area contributed by atoms with Crippen LogP contribution < -0.4 is 0 Å². The van der Waals surface area contributed by atoms with E-state index in [2.05, 4.69) is 19.9 Å². The second kappa shape index (κ2) is 7.15. The van der Waals surface area contributed by atoms with E-state index in [-0.39, 0.29) is 5.92 Å². The minimum absolute atomic E-state index is 0.143. The highest BCUT2D eigenvalue weighted by atomic mass is 19.2. The number of rotatable bonds is 4. The largest absolute Gasteiger partial charge is 0.204 e. The molecule has 0 amide bonds. The number of unbranched alkanes of at least 4 members (excludes halogenated alkanes) is 1. The Morgan fingerprint density at radius 2 is 1.67 bits per heavy atom. The van der Waals surface area contributed by atoms with Gasteiger partial charge in [-0.25, -0.2) is 13.2 Å². The van der Waals surface area contributed by atoms with Gasteiger partial charge in [-0.05, 0) is 68.6 Å². The van der Waals surface area contributed by atoms with E-state index < -0.39 is 17.5 Å². The van der Waals surface area contributed by atoms with Gasteiger partial charge in [-0.15, -0.1) is 0 Å². The average molecular weight is 296 g/mol. The van der Waals surface area contributed by atoms with Crippen LogP contribution in [0.4, 0.5) is 13.2 Å². The van der Waals surface area contributed by atoms with Crippen molar-refractivity contribution in [2.75, 3.05) is 0 Å². The van der Waals surface area contributed by atoms with E-state index in [1.165, 1.54) is 5.57 Å².